The molecule has 0 aliphatic heterocycles. The number of aromatic nitrogens is 3. The van der Waals surface area contributed by atoms with E-state index in [4.69, 9.17) is 0 Å². The summed E-state index contributed by atoms with van der Waals surface area (Å²) in [7, 11) is 0. The van der Waals surface area contributed by atoms with E-state index >= 15 is 0 Å². The van der Waals surface area contributed by atoms with Crippen molar-refractivity contribution in [1.82, 2.24) is 20.5 Å². The number of nitrogens with zero attached hydrogens (tertiary/aromatic N) is 1. The lowest BCUT2D eigenvalue weighted by molar-refractivity contribution is -0.141. The molecular formula is C12H11F3N4O2. The van der Waals surface area contributed by atoms with Crippen LogP contribution in [0.5, 0.6) is 0 Å². The van der Waals surface area contributed by atoms with Gasteiger partial charge in [-0.2, -0.15) is 18.3 Å². The minimum absolute atomic E-state index is 0.390. The highest BCUT2D eigenvalue weighted by atomic mass is 19.4. The maximum absolute atomic E-state index is 12.4. The maximum atomic E-state index is 12.4. The van der Waals surface area contributed by atoms with Crippen molar-refractivity contribution in [1.29, 1.82) is 0 Å². The summed E-state index contributed by atoms with van der Waals surface area (Å²) in [5.74, 6) is -0.765. The molecule has 1 atom stereocenters. The predicted octanol–water partition coefficient (Wildman–Crippen LogP) is 1.61. The summed E-state index contributed by atoms with van der Waals surface area (Å²) in [6.07, 6.45) is -1.62. The molecule has 3 N–H and O–H groups in total. The Bertz CT molecular complexity index is 691. The lowest BCUT2D eigenvalue weighted by Crippen LogP contribution is -2.32. The Morgan fingerprint density at radius 2 is 2.10 bits per heavy atom. The molecule has 0 aromatic carbocycles. The fourth-order valence-electron chi connectivity index (χ4n) is 1.67. The molecule has 0 aliphatic rings. The third-order valence-corrected chi connectivity index (χ3v) is 2.83. The molecule has 2 heterocycles. The van der Waals surface area contributed by atoms with Gasteiger partial charge in [-0.05, 0) is 19.1 Å². The van der Waals surface area contributed by atoms with Gasteiger partial charge in [0.05, 0.1) is 12.2 Å². The first kappa shape index (κ1) is 14.8. The summed E-state index contributed by atoms with van der Waals surface area (Å²) >= 11 is 0. The molecule has 2 aromatic rings. The number of halogens is 3. The lowest BCUT2D eigenvalue weighted by Gasteiger charge is -2.12. The SMILES string of the molecule is CC(NC(=O)c1ccc(C(F)(F)F)[nH]c1=O)c1cn[nH]c1. The molecule has 0 aliphatic carbocycles. The predicted molar refractivity (Wildman–Crippen MR) is 66.5 cm³/mol. The first-order valence-corrected chi connectivity index (χ1v) is 5.89. The van der Waals surface area contributed by atoms with Crippen molar-refractivity contribution in [2.24, 2.45) is 0 Å². The number of carbonyl (C=O) groups excluding carboxylic acids is 1. The van der Waals surface area contributed by atoms with Gasteiger partial charge in [-0.25, -0.2) is 0 Å². The van der Waals surface area contributed by atoms with E-state index in [1.165, 1.54) is 6.20 Å². The van der Waals surface area contributed by atoms with Crippen molar-refractivity contribution < 1.29 is 18.0 Å². The molecule has 1 amide bonds. The molecule has 2 aromatic heterocycles. The van der Waals surface area contributed by atoms with E-state index in [2.05, 4.69) is 15.5 Å². The molecule has 0 bridgehead atoms. The number of H-pyrrole nitrogens is 2. The summed E-state index contributed by atoms with van der Waals surface area (Å²) in [5.41, 5.74) is -2.02. The van der Waals surface area contributed by atoms with Gasteiger partial charge in [0, 0.05) is 11.8 Å². The zero-order chi connectivity index (χ0) is 15.6. The molecule has 9 heteroatoms. The molecule has 21 heavy (non-hydrogen) atoms. The Hall–Kier alpha value is -2.58. The second-order valence-electron chi connectivity index (χ2n) is 4.34. The number of hydrogen-bond donors (Lipinski definition) is 3. The van der Waals surface area contributed by atoms with Gasteiger partial charge in [-0.1, -0.05) is 0 Å². The third-order valence-electron chi connectivity index (χ3n) is 2.83. The maximum Gasteiger partial charge on any atom is 0.431 e. The Kier molecular flexibility index (Phi) is 3.83. The van der Waals surface area contributed by atoms with Crippen LogP contribution in [0.25, 0.3) is 0 Å². The summed E-state index contributed by atoms with van der Waals surface area (Å²) in [5, 5.41) is 8.77. The molecule has 1 unspecified atom stereocenters. The fraction of sp³-hybridized carbons (Fsp3) is 0.250. The van der Waals surface area contributed by atoms with Crippen LogP contribution in [0.15, 0.2) is 29.3 Å². The van der Waals surface area contributed by atoms with Crippen LogP contribution >= 0.6 is 0 Å². The van der Waals surface area contributed by atoms with Crippen molar-refractivity contribution >= 4 is 5.91 Å². The zero-order valence-corrected chi connectivity index (χ0v) is 10.8. The van der Waals surface area contributed by atoms with E-state index in [1.54, 1.807) is 18.1 Å². The first-order valence-electron chi connectivity index (χ1n) is 5.89. The number of alkyl halides is 3. The van der Waals surface area contributed by atoms with Crippen molar-refractivity contribution in [3.05, 3.63) is 51.7 Å². The van der Waals surface area contributed by atoms with Crippen molar-refractivity contribution in [3.8, 4) is 0 Å². The Morgan fingerprint density at radius 3 is 2.62 bits per heavy atom. The van der Waals surface area contributed by atoms with Crippen molar-refractivity contribution in [2.75, 3.05) is 0 Å². The molecule has 0 saturated heterocycles. The van der Waals surface area contributed by atoms with E-state index in [0.717, 1.165) is 6.07 Å². The van der Waals surface area contributed by atoms with E-state index in [1.807, 2.05) is 0 Å². The molecule has 112 valence electrons. The average Bonchev–Trinajstić information content (AvgIpc) is 2.91. The van der Waals surface area contributed by atoms with Crippen LogP contribution in [0.4, 0.5) is 13.2 Å². The molecule has 0 radical (unpaired) electrons. The van der Waals surface area contributed by atoms with Crippen LogP contribution in [0.2, 0.25) is 0 Å². The zero-order valence-electron chi connectivity index (χ0n) is 10.8. The van der Waals surface area contributed by atoms with Gasteiger partial charge in [0.25, 0.3) is 11.5 Å². The summed E-state index contributed by atoms with van der Waals surface area (Å²) < 4.78 is 37.2. The van der Waals surface area contributed by atoms with Crippen LogP contribution in [0.1, 0.15) is 34.6 Å². The van der Waals surface area contributed by atoms with Gasteiger partial charge in [0.2, 0.25) is 0 Å². The summed E-state index contributed by atoms with van der Waals surface area (Å²) in [6.45, 7) is 1.65. The molecule has 0 fully saturated rings. The van der Waals surface area contributed by atoms with Crippen LogP contribution in [-0.4, -0.2) is 21.1 Å². The van der Waals surface area contributed by atoms with Crippen LogP contribution in [0.3, 0.4) is 0 Å². The van der Waals surface area contributed by atoms with Crippen LogP contribution in [-0.2, 0) is 6.18 Å². The number of rotatable bonds is 3. The highest BCUT2D eigenvalue weighted by Crippen LogP contribution is 2.26. The second kappa shape index (κ2) is 5.43. The van der Waals surface area contributed by atoms with E-state index in [9.17, 15) is 22.8 Å². The highest BCUT2D eigenvalue weighted by Gasteiger charge is 2.32. The largest absolute Gasteiger partial charge is 0.431 e. The third kappa shape index (κ3) is 3.30. The number of carbonyl (C=O) groups is 1. The fourth-order valence-corrected chi connectivity index (χ4v) is 1.67. The minimum atomic E-state index is -4.67. The number of nitrogens with one attached hydrogen (secondary N) is 3. The number of aromatic amines is 2. The smallest absolute Gasteiger partial charge is 0.345 e. The molecular weight excluding hydrogens is 289 g/mol. The van der Waals surface area contributed by atoms with Gasteiger partial charge < -0.3 is 10.3 Å². The molecule has 6 nitrogen and oxygen atoms in total. The van der Waals surface area contributed by atoms with Gasteiger partial charge in [0.1, 0.15) is 11.3 Å². The number of pyridine rings is 1. The highest BCUT2D eigenvalue weighted by molar-refractivity contribution is 5.94. The minimum Gasteiger partial charge on any atom is -0.345 e. The van der Waals surface area contributed by atoms with Crippen molar-refractivity contribution in [3.63, 3.8) is 0 Å². The molecule has 2 rings (SSSR count). The molecule has 0 saturated carbocycles. The topological polar surface area (TPSA) is 90.6 Å². The lowest BCUT2D eigenvalue weighted by atomic mass is 10.1. The number of hydrogen-bond acceptors (Lipinski definition) is 3. The molecule has 0 spiro atoms. The Balaban J connectivity index is 2.19. The second-order valence-corrected chi connectivity index (χ2v) is 4.34. The van der Waals surface area contributed by atoms with Crippen LogP contribution < -0.4 is 10.9 Å². The number of amides is 1. The first-order chi connectivity index (χ1) is 9.79. The van der Waals surface area contributed by atoms with Gasteiger partial charge in [0.15, 0.2) is 0 Å². The van der Waals surface area contributed by atoms with Gasteiger partial charge >= 0.3 is 6.18 Å². The van der Waals surface area contributed by atoms with Gasteiger partial charge in [-0.15, -0.1) is 0 Å². The Morgan fingerprint density at radius 1 is 1.38 bits per heavy atom. The van der Waals surface area contributed by atoms with E-state index in [-0.39, 0.29) is 0 Å². The quantitative estimate of drug-likeness (QED) is 0.804. The van der Waals surface area contributed by atoms with E-state index in [0.29, 0.717) is 11.6 Å². The van der Waals surface area contributed by atoms with Gasteiger partial charge in [-0.3, -0.25) is 14.7 Å². The van der Waals surface area contributed by atoms with Crippen LogP contribution in [0, 0.1) is 0 Å². The Labute approximate surface area is 116 Å². The standard InChI is InChI=1S/C12H11F3N4O2/c1-6(7-4-16-17-5-7)18-10(20)8-2-3-9(12(13,14)15)19-11(8)21/h2-6H,1H3,(H,16,17)(H,18,20)(H,19,21). The normalized spacial score (nSPS) is 13.0. The summed E-state index contributed by atoms with van der Waals surface area (Å²) in [6, 6.07) is 1.05. The monoisotopic (exact) mass is 300 g/mol. The average molecular weight is 300 g/mol. The van der Waals surface area contributed by atoms with E-state index < -0.39 is 34.9 Å². The summed E-state index contributed by atoms with van der Waals surface area (Å²) in [4.78, 5) is 25.1. The van der Waals surface area contributed by atoms with Crippen molar-refractivity contribution in [2.45, 2.75) is 19.1 Å².